The van der Waals surface area contributed by atoms with E-state index >= 15 is 0 Å². The predicted molar refractivity (Wildman–Crippen MR) is 104 cm³/mol. The summed E-state index contributed by atoms with van der Waals surface area (Å²) in [5.41, 5.74) is 6.36. The lowest BCUT2D eigenvalue weighted by molar-refractivity contribution is -0.115. The molecule has 1 amide bonds. The molecule has 0 aliphatic heterocycles. The first-order chi connectivity index (χ1) is 13.0. The Balaban J connectivity index is 1.91. The molecule has 0 saturated heterocycles. The molecular weight excluding hydrogens is 366 g/mol. The second-order valence-electron chi connectivity index (χ2n) is 5.80. The van der Waals surface area contributed by atoms with Crippen LogP contribution in [0.3, 0.4) is 0 Å². The van der Waals surface area contributed by atoms with Gasteiger partial charge in [0, 0.05) is 17.8 Å². The second kappa shape index (κ2) is 8.09. The molecule has 0 aliphatic carbocycles. The summed E-state index contributed by atoms with van der Waals surface area (Å²) in [5, 5.41) is 6.33. The minimum atomic E-state index is -0.495. The van der Waals surface area contributed by atoms with Gasteiger partial charge in [0.25, 0.3) is 5.56 Å². The smallest absolute Gasteiger partial charge is 0.275 e. The highest BCUT2D eigenvalue weighted by atomic mass is 32.2. The number of aromatic nitrogens is 3. The number of hydrogen-bond donors (Lipinski definition) is 2. The summed E-state index contributed by atoms with van der Waals surface area (Å²) in [7, 11) is 0. The number of nitrogens with one attached hydrogen (secondary N) is 1. The lowest BCUT2D eigenvalue weighted by Crippen LogP contribution is -2.26. The van der Waals surface area contributed by atoms with Crippen LogP contribution in [0.2, 0.25) is 0 Å². The van der Waals surface area contributed by atoms with Gasteiger partial charge in [-0.3, -0.25) is 14.2 Å². The molecule has 0 aliphatic rings. The summed E-state index contributed by atoms with van der Waals surface area (Å²) < 4.78 is 6.61. The van der Waals surface area contributed by atoms with Crippen molar-refractivity contribution < 1.29 is 9.32 Å². The summed E-state index contributed by atoms with van der Waals surface area (Å²) in [5.74, 6) is 0.942. The molecule has 0 radical (unpaired) electrons. The first-order valence-electron chi connectivity index (χ1n) is 8.33. The molecule has 2 aromatic heterocycles. The first kappa shape index (κ1) is 18.7. The average molecular weight is 385 g/mol. The molecule has 140 valence electrons. The number of anilines is 2. The van der Waals surface area contributed by atoms with Crippen molar-refractivity contribution in [3.63, 3.8) is 0 Å². The zero-order valence-corrected chi connectivity index (χ0v) is 15.7. The van der Waals surface area contributed by atoms with E-state index in [1.807, 2.05) is 37.3 Å². The van der Waals surface area contributed by atoms with Crippen LogP contribution in [0.1, 0.15) is 19.1 Å². The summed E-state index contributed by atoms with van der Waals surface area (Å²) in [6, 6.07) is 12.2. The van der Waals surface area contributed by atoms with Crippen LogP contribution in [-0.4, -0.2) is 25.9 Å². The highest BCUT2D eigenvalue weighted by Crippen LogP contribution is 2.28. The van der Waals surface area contributed by atoms with Crippen LogP contribution in [0, 0.1) is 6.92 Å². The molecule has 8 nitrogen and oxygen atoms in total. The summed E-state index contributed by atoms with van der Waals surface area (Å²) in [6.45, 7) is 3.62. The number of aryl methyl sites for hydroxylation is 1. The quantitative estimate of drug-likeness (QED) is 0.495. The maximum Gasteiger partial charge on any atom is 0.275 e. The van der Waals surface area contributed by atoms with Crippen molar-refractivity contribution in [2.75, 3.05) is 11.1 Å². The monoisotopic (exact) mass is 385 g/mol. The molecule has 0 fully saturated rings. The van der Waals surface area contributed by atoms with Crippen molar-refractivity contribution in [1.29, 1.82) is 0 Å². The van der Waals surface area contributed by atoms with Crippen molar-refractivity contribution >= 4 is 29.3 Å². The Bertz CT molecular complexity index is 1000. The molecule has 0 unspecified atom stereocenters. The number of rotatable bonds is 6. The Kier molecular flexibility index (Phi) is 5.60. The number of benzene rings is 1. The maximum atomic E-state index is 12.6. The SMILES string of the molecule is CC[C@@H](Sc1nc(=O)cc(N)n1-c1ccccc1)C(=O)Nc1cc(C)on1. The minimum Gasteiger partial charge on any atom is -0.385 e. The summed E-state index contributed by atoms with van der Waals surface area (Å²) >= 11 is 1.17. The van der Waals surface area contributed by atoms with Crippen LogP contribution in [-0.2, 0) is 4.79 Å². The zero-order valence-electron chi connectivity index (χ0n) is 14.9. The lowest BCUT2D eigenvalue weighted by atomic mass is 10.3. The van der Waals surface area contributed by atoms with Gasteiger partial charge in [-0.1, -0.05) is 42.0 Å². The third-order valence-electron chi connectivity index (χ3n) is 3.73. The summed E-state index contributed by atoms with van der Waals surface area (Å²) in [4.78, 5) is 28.6. The van der Waals surface area contributed by atoms with Gasteiger partial charge in [0.1, 0.15) is 11.6 Å². The van der Waals surface area contributed by atoms with Crippen LogP contribution in [0.15, 0.2) is 56.9 Å². The van der Waals surface area contributed by atoms with E-state index in [9.17, 15) is 9.59 Å². The Hall–Kier alpha value is -3.07. The van der Waals surface area contributed by atoms with E-state index in [0.717, 1.165) is 5.69 Å². The number of para-hydroxylation sites is 1. The molecule has 0 saturated carbocycles. The molecule has 1 aromatic carbocycles. The van der Waals surface area contributed by atoms with Gasteiger partial charge in [-0.25, -0.2) is 0 Å². The topological polar surface area (TPSA) is 116 Å². The standard InChI is InChI=1S/C18H19N5O3S/c1-3-13(17(25)20-15-9-11(2)26-22-15)27-18-21-16(24)10-14(19)23(18)12-7-5-4-6-8-12/h4-10,13H,3,19H2,1-2H3,(H,20,22,25)/t13-/m1/s1. The zero-order chi connectivity index (χ0) is 19.4. The van der Waals surface area contributed by atoms with Crippen LogP contribution in [0.5, 0.6) is 0 Å². The van der Waals surface area contributed by atoms with Crippen LogP contribution in [0.25, 0.3) is 5.69 Å². The van der Waals surface area contributed by atoms with E-state index in [1.165, 1.54) is 17.8 Å². The van der Waals surface area contributed by atoms with E-state index in [1.54, 1.807) is 17.6 Å². The second-order valence-corrected chi connectivity index (χ2v) is 6.97. The van der Waals surface area contributed by atoms with Gasteiger partial charge in [0.2, 0.25) is 5.91 Å². The molecule has 3 aromatic rings. The van der Waals surface area contributed by atoms with E-state index < -0.39 is 10.8 Å². The van der Waals surface area contributed by atoms with Crippen molar-refractivity contribution in [3.05, 3.63) is 58.6 Å². The Morgan fingerprint density at radius 2 is 2.07 bits per heavy atom. The highest BCUT2D eigenvalue weighted by Gasteiger charge is 2.22. The molecule has 9 heteroatoms. The summed E-state index contributed by atoms with van der Waals surface area (Å²) in [6.07, 6.45) is 0.521. The number of amides is 1. The van der Waals surface area contributed by atoms with Gasteiger partial charge < -0.3 is 15.6 Å². The average Bonchev–Trinajstić information content (AvgIpc) is 3.04. The van der Waals surface area contributed by atoms with Crippen molar-refractivity contribution in [2.45, 2.75) is 30.7 Å². The van der Waals surface area contributed by atoms with E-state index in [2.05, 4.69) is 15.5 Å². The molecule has 3 N–H and O–H groups in total. The van der Waals surface area contributed by atoms with Crippen molar-refractivity contribution in [1.82, 2.24) is 14.7 Å². The van der Waals surface area contributed by atoms with Crippen molar-refractivity contribution in [2.24, 2.45) is 0 Å². The Morgan fingerprint density at radius 3 is 2.70 bits per heavy atom. The number of nitrogens with two attached hydrogens (primary N) is 1. The first-order valence-corrected chi connectivity index (χ1v) is 9.21. The largest absolute Gasteiger partial charge is 0.385 e. The number of nitrogen functional groups attached to an aromatic ring is 1. The normalized spacial score (nSPS) is 11.9. The van der Waals surface area contributed by atoms with Gasteiger partial charge in [-0.05, 0) is 25.5 Å². The molecule has 0 bridgehead atoms. The van der Waals surface area contributed by atoms with Gasteiger partial charge >= 0.3 is 0 Å². The van der Waals surface area contributed by atoms with Gasteiger partial charge in [-0.2, -0.15) is 4.98 Å². The Labute approximate surface area is 159 Å². The number of hydrogen-bond acceptors (Lipinski definition) is 7. The maximum absolute atomic E-state index is 12.6. The number of carbonyl (C=O) groups excluding carboxylic acids is 1. The third kappa shape index (κ3) is 4.37. The van der Waals surface area contributed by atoms with Gasteiger partial charge in [0.05, 0.1) is 5.25 Å². The highest BCUT2D eigenvalue weighted by molar-refractivity contribution is 8.00. The minimum absolute atomic E-state index is 0.256. The van der Waals surface area contributed by atoms with Crippen LogP contribution in [0.4, 0.5) is 11.6 Å². The lowest BCUT2D eigenvalue weighted by Gasteiger charge is -2.18. The molecule has 2 heterocycles. The van der Waals surface area contributed by atoms with E-state index in [0.29, 0.717) is 23.2 Å². The number of thioether (sulfide) groups is 1. The van der Waals surface area contributed by atoms with E-state index in [-0.39, 0.29) is 11.7 Å². The van der Waals surface area contributed by atoms with Crippen LogP contribution < -0.4 is 16.6 Å². The van der Waals surface area contributed by atoms with E-state index in [4.69, 9.17) is 10.3 Å². The fraction of sp³-hybridized carbons (Fsp3) is 0.222. The van der Waals surface area contributed by atoms with Crippen LogP contribution >= 0.6 is 11.8 Å². The molecular formula is C18H19N5O3S. The van der Waals surface area contributed by atoms with Gasteiger partial charge in [-0.15, -0.1) is 0 Å². The molecule has 0 spiro atoms. The Morgan fingerprint density at radius 1 is 1.33 bits per heavy atom. The van der Waals surface area contributed by atoms with Gasteiger partial charge in [0.15, 0.2) is 11.0 Å². The molecule has 1 atom stereocenters. The number of carbonyl (C=O) groups is 1. The third-order valence-corrected chi connectivity index (χ3v) is 5.05. The fourth-order valence-corrected chi connectivity index (χ4v) is 3.52. The van der Waals surface area contributed by atoms with Crippen molar-refractivity contribution in [3.8, 4) is 5.69 Å². The molecule has 27 heavy (non-hydrogen) atoms. The fourth-order valence-electron chi connectivity index (χ4n) is 2.48. The number of nitrogens with zero attached hydrogens (tertiary/aromatic N) is 3. The predicted octanol–water partition coefficient (Wildman–Crippen LogP) is 2.62. The molecule has 3 rings (SSSR count).